The van der Waals surface area contributed by atoms with Gasteiger partial charge < -0.3 is 10.1 Å². The first-order chi connectivity index (χ1) is 12.8. The summed E-state index contributed by atoms with van der Waals surface area (Å²) in [4.78, 5) is 14.5. The van der Waals surface area contributed by atoms with Gasteiger partial charge in [0, 0.05) is 23.7 Å². The zero-order chi connectivity index (χ0) is 19.6. The third-order valence-corrected chi connectivity index (χ3v) is 7.79. The van der Waals surface area contributed by atoms with Gasteiger partial charge in [0.1, 0.15) is 0 Å². The summed E-state index contributed by atoms with van der Waals surface area (Å²) in [5.74, 6) is -0.221. The van der Waals surface area contributed by atoms with Crippen LogP contribution in [0.15, 0.2) is 29.2 Å². The fourth-order valence-electron chi connectivity index (χ4n) is 3.06. The fourth-order valence-corrected chi connectivity index (χ4v) is 5.73. The molecular formula is C19H24N2O4S2. The Morgan fingerprint density at radius 3 is 2.56 bits per heavy atom. The summed E-state index contributed by atoms with van der Waals surface area (Å²) in [5.41, 5.74) is 2.28. The number of morpholine rings is 1. The Morgan fingerprint density at radius 1 is 1.22 bits per heavy atom. The highest BCUT2D eigenvalue weighted by molar-refractivity contribution is 7.89. The van der Waals surface area contributed by atoms with Crippen LogP contribution >= 0.6 is 11.3 Å². The van der Waals surface area contributed by atoms with E-state index in [1.54, 1.807) is 25.1 Å². The van der Waals surface area contributed by atoms with Gasteiger partial charge in [-0.1, -0.05) is 13.0 Å². The number of carbonyl (C=O) groups is 1. The van der Waals surface area contributed by atoms with Gasteiger partial charge in [-0.25, -0.2) is 8.42 Å². The van der Waals surface area contributed by atoms with Gasteiger partial charge in [-0.05, 0) is 49.6 Å². The molecule has 2 aromatic rings. The van der Waals surface area contributed by atoms with Crippen molar-refractivity contribution < 1.29 is 17.9 Å². The van der Waals surface area contributed by atoms with Gasteiger partial charge in [0.25, 0.3) is 5.91 Å². The maximum Gasteiger partial charge on any atom is 0.265 e. The van der Waals surface area contributed by atoms with Crippen LogP contribution in [0.4, 0.5) is 5.69 Å². The van der Waals surface area contributed by atoms with Crippen LogP contribution in [-0.4, -0.2) is 44.9 Å². The number of hydrogen-bond donors (Lipinski definition) is 1. The molecule has 1 N–H and O–H groups in total. The molecular weight excluding hydrogens is 384 g/mol. The number of amides is 1. The minimum atomic E-state index is -3.62. The molecule has 6 nitrogen and oxygen atoms in total. The van der Waals surface area contributed by atoms with Crippen molar-refractivity contribution in [3.8, 4) is 0 Å². The standard InChI is InChI=1S/C19H24N2O4S2/c1-4-15-11-17(26-14(15)3)19(22)20-16-6-5-13(2)18(12-16)27(23,24)21-7-9-25-10-8-21/h5-6,11-12H,4,7-10H2,1-3H3,(H,20,22). The van der Waals surface area contributed by atoms with Crippen LogP contribution in [0.2, 0.25) is 0 Å². The quantitative estimate of drug-likeness (QED) is 0.824. The first kappa shape index (κ1) is 20.0. The van der Waals surface area contributed by atoms with E-state index >= 15 is 0 Å². The van der Waals surface area contributed by atoms with Gasteiger partial charge in [0.2, 0.25) is 10.0 Å². The highest BCUT2D eigenvalue weighted by atomic mass is 32.2. The maximum absolute atomic E-state index is 13.0. The Kier molecular flexibility index (Phi) is 6.00. The van der Waals surface area contributed by atoms with E-state index in [4.69, 9.17) is 4.74 Å². The average Bonchev–Trinajstić information content (AvgIpc) is 3.05. The second-order valence-electron chi connectivity index (χ2n) is 6.50. The Balaban J connectivity index is 1.85. The Hall–Kier alpha value is -1.74. The number of hydrogen-bond acceptors (Lipinski definition) is 5. The van der Waals surface area contributed by atoms with Crippen molar-refractivity contribution >= 4 is 33.0 Å². The molecule has 27 heavy (non-hydrogen) atoms. The van der Waals surface area contributed by atoms with Gasteiger partial charge in [-0.15, -0.1) is 11.3 Å². The van der Waals surface area contributed by atoms with Gasteiger partial charge >= 0.3 is 0 Å². The summed E-state index contributed by atoms with van der Waals surface area (Å²) < 4.78 is 32.6. The van der Waals surface area contributed by atoms with Crippen molar-refractivity contribution in [1.29, 1.82) is 0 Å². The molecule has 0 atom stereocenters. The third kappa shape index (κ3) is 4.24. The smallest absolute Gasteiger partial charge is 0.265 e. The van der Waals surface area contributed by atoms with Crippen molar-refractivity contribution in [1.82, 2.24) is 4.31 Å². The lowest BCUT2D eigenvalue weighted by Crippen LogP contribution is -2.40. The average molecular weight is 409 g/mol. The minimum Gasteiger partial charge on any atom is -0.379 e. The van der Waals surface area contributed by atoms with Crippen molar-refractivity contribution in [2.45, 2.75) is 32.1 Å². The lowest BCUT2D eigenvalue weighted by atomic mass is 10.2. The summed E-state index contributed by atoms with van der Waals surface area (Å²) in [5, 5.41) is 2.83. The predicted molar refractivity (Wildman–Crippen MR) is 107 cm³/mol. The molecule has 1 saturated heterocycles. The molecule has 1 amide bonds. The SMILES string of the molecule is CCc1cc(C(=O)Nc2ccc(C)c(S(=O)(=O)N3CCOCC3)c2)sc1C. The lowest BCUT2D eigenvalue weighted by Gasteiger charge is -2.26. The molecule has 2 heterocycles. The van der Waals surface area contributed by atoms with E-state index in [9.17, 15) is 13.2 Å². The summed E-state index contributed by atoms with van der Waals surface area (Å²) in [6.07, 6.45) is 0.877. The number of sulfonamides is 1. The van der Waals surface area contributed by atoms with E-state index in [-0.39, 0.29) is 10.8 Å². The summed E-state index contributed by atoms with van der Waals surface area (Å²) in [6.45, 7) is 7.28. The third-order valence-electron chi connectivity index (χ3n) is 4.66. The molecule has 1 fully saturated rings. The molecule has 146 valence electrons. The van der Waals surface area contributed by atoms with Crippen molar-refractivity contribution in [3.05, 3.63) is 45.1 Å². The van der Waals surface area contributed by atoms with Crippen molar-refractivity contribution in [3.63, 3.8) is 0 Å². The first-order valence-corrected chi connectivity index (χ1v) is 11.2. The van der Waals surface area contributed by atoms with Crippen LogP contribution in [0.5, 0.6) is 0 Å². The number of aryl methyl sites for hydroxylation is 3. The largest absolute Gasteiger partial charge is 0.379 e. The number of anilines is 1. The zero-order valence-electron chi connectivity index (χ0n) is 15.7. The van der Waals surface area contributed by atoms with Crippen LogP contribution in [-0.2, 0) is 21.2 Å². The Morgan fingerprint density at radius 2 is 1.93 bits per heavy atom. The van der Waals surface area contributed by atoms with Gasteiger partial charge in [0.05, 0.1) is 23.0 Å². The summed E-state index contributed by atoms with van der Waals surface area (Å²) >= 11 is 1.45. The molecule has 0 saturated carbocycles. The van der Waals surface area contributed by atoms with Gasteiger partial charge in [-0.3, -0.25) is 4.79 Å². The van der Waals surface area contributed by atoms with Crippen LogP contribution in [0, 0.1) is 13.8 Å². The molecule has 0 bridgehead atoms. The number of ether oxygens (including phenoxy) is 1. The molecule has 0 spiro atoms. The van der Waals surface area contributed by atoms with Gasteiger partial charge in [-0.2, -0.15) is 4.31 Å². The molecule has 1 aromatic heterocycles. The minimum absolute atomic E-state index is 0.221. The van der Waals surface area contributed by atoms with E-state index in [0.717, 1.165) is 16.9 Å². The number of thiophene rings is 1. The zero-order valence-corrected chi connectivity index (χ0v) is 17.4. The van der Waals surface area contributed by atoms with Crippen LogP contribution in [0.1, 0.15) is 32.6 Å². The number of carbonyl (C=O) groups excluding carboxylic acids is 1. The normalized spacial score (nSPS) is 15.7. The number of nitrogens with zero attached hydrogens (tertiary/aromatic N) is 1. The molecule has 0 unspecified atom stereocenters. The van der Waals surface area contributed by atoms with Crippen molar-refractivity contribution in [2.75, 3.05) is 31.6 Å². The molecule has 0 radical (unpaired) electrons. The van der Waals surface area contributed by atoms with E-state index < -0.39 is 10.0 Å². The maximum atomic E-state index is 13.0. The van der Waals surface area contributed by atoms with Crippen LogP contribution < -0.4 is 5.32 Å². The first-order valence-electron chi connectivity index (χ1n) is 8.92. The Bertz CT molecular complexity index is 945. The van der Waals surface area contributed by atoms with E-state index in [1.165, 1.54) is 15.6 Å². The van der Waals surface area contributed by atoms with E-state index in [2.05, 4.69) is 12.2 Å². The van der Waals surface area contributed by atoms with Crippen LogP contribution in [0.3, 0.4) is 0 Å². The van der Waals surface area contributed by atoms with Crippen LogP contribution in [0.25, 0.3) is 0 Å². The molecule has 1 aromatic carbocycles. The summed E-state index contributed by atoms with van der Waals surface area (Å²) in [6, 6.07) is 6.89. The molecule has 1 aliphatic heterocycles. The molecule has 3 rings (SSSR count). The van der Waals surface area contributed by atoms with Crippen molar-refractivity contribution in [2.24, 2.45) is 0 Å². The van der Waals surface area contributed by atoms with E-state index in [1.807, 2.05) is 13.0 Å². The second-order valence-corrected chi connectivity index (χ2v) is 9.66. The Labute approximate surface area is 164 Å². The highest BCUT2D eigenvalue weighted by Crippen LogP contribution is 2.26. The monoisotopic (exact) mass is 408 g/mol. The number of rotatable bonds is 5. The molecule has 0 aliphatic carbocycles. The molecule has 8 heteroatoms. The summed E-state index contributed by atoms with van der Waals surface area (Å²) in [7, 11) is -3.62. The van der Waals surface area contributed by atoms with E-state index in [0.29, 0.717) is 42.4 Å². The predicted octanol–water partition coefficient (Wildman–Crippen LogP) is 3.20. The highest BCUT2D eigenvalue weighted by Gasteiger charge is 2.28. The van der Waals surface area contributed by atoms with Gasteiger partial charge in [0.15, 0.2) is 0 Å². The second kappa shape index (κ2) is 8.10. The fraction of sp³-hybridized carbons (Fsp3) is 0.421. The number of nitrogens with one attached hydrogen (secondary N) is 1. The lowest BCUT2D eigenvalue weighted by molar-refractivity contribution is 0.0730. The topological polar surface area (TPSA) is 75.7 Å². The molecule has 1 aliphatic rings. The number of benzene rings is 1.